The van der Waals surface area contributed by atoms with Crippen molar-refractivity contribution < 1.29 is 4.79 Å². The molecule has 0 spiro atoms. The van der Waals surface area contributed by atoms with Gasteiger partial charge in [-0.05, 0) is 6.42 Å². The molecule has 0 bridgehead atoms. The zero-order valence-corrected chi connectivity index (χ0v) is 13.1. The summed E-state index contributed by atoms with van der Waals surface area (Å²) in [6.45, 7) is 5.66. The smallest absolute Gasteiger partial charge is 0.229 e. The van der Waals surface area contributed by atoms with Gasteiger partial charge in [0, 0.05) is 5.75 Å². The Bertz CT molecular complexity index is 294. The molecular weight excluding hydrogens is 254 g/mol. The minimum Gasteiger partial charge on any atom is -0.281 e. The fourth-order valence-electron chi connectivity index (χ4n) is 1.89. The highest BCUT2D eigenvalue weighted by molar-refractivity contribution is 8.14. The standard InChI is InChI=1S/C16H27NOS/c1-3-4-5-6-7-8-9-10-11-12-13-19-16(18)15(2)14-17/h2-13H2,1H3. The van der Waals surface area contributed by atoms with E-state index in [4.69, 9.17) is 5.26 Å². The van der Waals surface area contributed by atoms with Gasteiger partial charge in [-0.15, -0.1) is 0 Å². The zero-order chi connectivity index (χ0) is 14.3. The molecule has 0 fully saturated rings. The molecule has 0 aliphatic heterocycles. The summed E-state index contributed by atoms with van der Waals surface area (Å²) in [5.41, 5.74) is 0.0667. The number of rotatable bonds is 12. The molecule has 0 amide bonds. The molecule has 0 aromatic carbocycles. The number of hydrogen-bond acceptors (Lipinski definition) is 3. The van der Waals surface area contributed by atoms with Gasteiger partial charge in [0.1, 0.15) is 6.07 Å². The van der Waals surface area contributed by atoms with Gasteiger partial charge in [0.25, 0.3) is 0 Å². The monoisotopic (exact) mass is 281 g/mol. The molecule has 2 nitrogen and oxygen atoms in total. The molecule has 108 valence electrons. The lowest BCUT2D eigenvalue weighted by Crippen LogP contribution is -1.95. The minimum atomic E-state index is -0.168. The molecule has 0 aliphatic carbocycles. The maximum Gasteiger partial charge on any atom is 0.229 e. The van der Waals surface area contributed by atoms with Crippen molar-refractivity contribution in [2.75, 3.05) is 5.75 Å². The Hall–Kier alpha value is -0.750. The van der Waals surface area contributed by atoms with Gasteiger partial charge >= 0.3 is 0 Å². The molecule has 0 radical (unpaired) electrons. The number of nitriles is 1. The van der Waals surface area contributed by atoms with Crippen molar-refractivity contribution in [3.05, 3.63) is 12.2 Å². The lowest BCUT2D eigenvalue weighted by molar-refractivity contribution is -0.107. The number of nitrogens with zero attached hydrogens (tertiary/aromatic N) is 1. The first-order valence-corrected chi connectivity index (χ1v) is 8.47. The first-order valence-electron chi connectivity index (χ1n) is 7.48. The van der Waals surface area contributed by atoms with E-state index in [1.165, 1.54) is 69.5 Å². The lowest BCUT2D eigenvalue weighted by atomic mass is 10.1. The summed E-state index contributed by atoms with van der Waals surface area (Å²) in [5, 5.41) is 8.33. The third-order valence-electron chi connectivity index (χ3n) is 3.11. The van der Waals surface area contributed by atoms with Gasteiger partial charge < -0.3 is 0 Å². The quantitative estimate of drug-likeness (QED) is 0.279. The Kier molecular flexibility index (Phi) is 13.1. The second kappa shape index (κ2) is 13.7. The number of thioether (sulfide) groups is 1. The average Bonchev–Trinajstić information content (AvgIpc) is 2.43. The zero-order valence-electron chi connectivity index (χ0n) is 12.2. The van der Waals surface area contributed by atoms with E-state index in [1.807, 2.05) is 0 Å². The number of carbonyl (C=O) groups excluding carboxylic acids is 1. The van der Waals surface area contributed by atoms with E-state index in [9.17, 15) is 4.79 Å². The van der Waals surface area contributed by atoms with Gasteiger partial charge in [-0.3, -0.25) is 4.79 Å². The van der Waals surface area contributed by atoms with Gasteiger partial charge in [0.2, 0.25) is 5.12 Å². The Morgan fingerprint density at radius 2 is 1.47 bits per heavy atom. The van der Waals surface area contributed by atoms with E-state index in [2.05, 4.69) is 13.5 Å². The first kappa shape index (κ1) is 18.2. The molecule has 0 N–H and O–H groups in total. The molecule has 19 heavy (non-hydrogen) atoms. The predicted molar refractivity (Wildman–Crippen MR) is 84.1 cm³/mol. The van der Waals surface area contributed by atoms with Crippen LogP contribution in [0.3, 0.4) is 0 Å². The minimum absolute atomic E-state index is 0.0667. The van der Waals surface area contributed by atoms with Crippen LogP contribution >= 0.6 is 11.8 Å². The SMILES string of the molecule is C=C(C#N)C(=O)SCCCCCCCCCCCC. The highest BCUT2D eigenvalue weighted by atomic mass is 32.2. The van der Waals surface area contributed by atoms with E-state index in [1.54, 1.807) is 6.07 Å². The summed E-state index contributed by atoms with van der Waals surface area (Å²) in [4.78, 5) is 11.3. The topological polar surface area (TPSA) is 40.9 Å². The van der Waals surface area contributed by atoms with Crippen LogP contribution in [0.5, 0.6) is 0 Å². The predicted octanol–water partition coefficient (Wildman–Crippen LogP) is 5.25. The average molecular weight is 281 g/mol. The van der Waals surface area contributed by atoms with Crippen molar-refractivity contribution in [1.82, 2.24) is 0 Å². The number of unbranched alkanes of at least 4 members (excludes halogenated alkanes) is 9. The molecule has 0 rings (SSSR count). The van der Waals surface area contributed by atoms with Gasteiger partial charge in [0.15, 0.2) is 0 Å². The molecule has 0 aromatic heterocycles. The van der Waals surface area contributed by atoms with Crippen LogP contribution in [0.4, 0.5) is 0 Å². The highest BCUT2D eigenvalue weighted by Crippen LogP contribution is 2.14. The van der Waals surface area contributed by atoms with Crippen LogP contribution < -0.4 is 0 Å². The Balaban J connectivity index is 3.17. The normalized spacial score (nSPS) is 10.1. The van der Waals surface area contributed by atoms with Crippen molar-refractivity contribution in [3.63, 3.8) is 0 Å². The second-order valence-corrected chi connectivity index (χ2v) is 5.98. The van der Waals surface area contributed by atoms with Gasteiger partial charge in [0.05, 0.1) is 5.57 Å². The molecular formula is C16H27NOS. The molecule has 0 atom stereocenters. The van der Waals surface area contributed by atoms with E-state index >= 15 is 0 Å². The Morgan fingerprint density at radius 3 is 1.95 bits per heavy atom. The Labute approximate surface area is 122 Å². The summed E-state index contributed by atoms with van der Waals surface area (Å²) >= 11 is 1.23. The van der Waals surface area contributed by atoms with Crippen LogP contribution in [0.2, 0.25) is 0 Å². The summed E-state index contributed by atoms with van der Waals surface area (Å²) in [5.74, 6) is 0.816. The third-order valence-corrected chi connectivity index (χ3v) is 4.11. The van der Waals surface area contributed by atoms with Crippen molar-refractivity contribution in [2.45, 2.75) is 71.1 Å². The van der Waals surface area contributed by atoms with E-state index < -0.39 is 0 Å². The van der Waals surface area contributed by atoms with Crippen LogP contribution in [0, 0.1) is 11.3 Å². The largest absolute Gasteiger partial charge is 0.281 e. The molecule has 0 saturated heterocycles. The molecule has 0 heterocycles. The summed E-state index contributed by atoms with van der Waals surface area (Å²) in [6, 6.07) is 1.79. The van der Waals surface area contributed by atoms with Gasteiger partial charge in [-0.2, -0.15) is 5.26 Å². The summed E-state index contributed by atoms with van der Waals surface area (Å²) in [6.07, 6.45) is 13.0. The fraction of sp³-hybridized carbons (Fsp3) is 0.750. The van der Waals surface area contributed by atoms with E-state index in [-0.39, 0.29) is 10.7 Å². The highest BCUT2D eigenvalue weighted by Gasteiger charge is 2.05. The third kappa shape index (κ3) is 12.0. The molecule has 0 aliphatic rings. The van der Waals surface area contributed by atoms with Crippen LogP contribution in [-0.4, -0.2) is 10.9 Å². The fourth-order valence-corrected chi connectivity index (χ4v) is 2.64. The van der Waals surface area contributed by atoms with Crippen molar-refractivity contribution in [3.8, 4) is 6.07 Å². The van der Waals surface area contributed by atoms with Crippen molar-refractivity contribution in [1.29, 1.82) is 5.26 Å². The number of hydrogen-bond donors (Lipinski definition) is 0. The maximum atomic E-state index is 11.3. The van der Waals surface area contributed by atoms with Crippen LogP contribution in [0.25, 0.3) is 0 Å². The molecule has 3 heteroatoms. The maximum absolute atomic E-state index is 11.3. The summed E-state index contributed by atoms with van der Waals surface area (Å²) in [7, 11) is 0. The van der Waals surface area contributed by atoms with Crippen LogP contribution in [0.1, 0.15) is 71.1 Å². The first-order chi connectivity index (χ1) is 9.22. The lowest BCUT2D eigenvalue weighted by Gasteiger charge is -2.02. The van der Waals surface area contributed by atoms with E-state index in [0.29, 0.717) is 0 Å². The van der Waals surface area contributed by atoms with Crippen LogP contribution in [-0.2, 0) is 4.79 Å². The Morgan fingerprint density at radius 1 is 1.00 bits per heavy atom. The molecule has 0 saturated carbocycles. The molecule has 0 unspecified atom stereocenters. The van der Waals surface area contributed by atoms with Crippen molar-refractivity contribution in [2.24, 2.45) is 0 Å². The number of carbonyl (C=O) groups is 1. The van der Waals surface area contributed by atoms with Gasteiger partial charge in [-0.1, -0.05) is 83.1 Å². The van der Waals surface area contributed by atoms with Gasteiger partial charge in [-0.25, -0.2) is 0 Å². The molecule has 0 aromatic rings. The summed E-state index contributed by atoms with van der Waals surface area (Å²) < 4.78 is 0. The van der Waals surface area contributed by atoms with Crippen molar-refractivity contribution >= 4 is 16.9 Å². The van der Waals surface area contributed by atoms with E-state index in [0.717, 1.165) is 12.2 Å². The van der Waals surface area contributed by atoms with Crippen LogP contribution in [0.15, 0.2) is 12.2 Å². The second-order valence-electron chi connectivity index (χ2n) is 4.91.